The number of nitrogens with zero attached hydrogens (tertiary/aromatic N) is 2. The Hall–Kier alpha value is -1.72. The molecule has 1 aromatic heterocycles. The van der Waals surface area contributed by atoms with Gasteiger partial charge in [0.15, 0.2) is 0 Å². The van der Waals surface area contributed by atoms with Gasteiger partial charge in [-0.3, -0.25) is 4.68 Å². The molecule has 0 amide bonds. The van der Waals surface area contributed by atoms with E-state index in [2.05, 4.69) is 5.10 Å². The smallest absolute Gasteiger partial charge is 0.127 e. The standard InChI is InChI=1S/C14H16ClN3O2/c1-18-14(16)11(7-17-18)12(19)6-9-5-10(15)4-8-2-3-20-13(8)9/h4-5,7,12,19H,2-3,6,16H2,1H3. The zero-order chi connectivity index (χ0) is 14.3. The zero-order valence-corrected chi connectivity index (χ0v) is 11.9. The molecule has 0 aliphatic carbocycles. The van der Waals surface area contributed by atoms with Gasteiger partial charge in [-0.2, -0.15) is 5.10 Å². The summed E-state index contributed by atoms with van der Waals surface area (Å²) in [6, 6.07) is 3.75. The molecule has 3 rings (SSSR count). The van der Waals surface area contributed by atoms with Crippen molar-refractivity contribution in [2.75, 3.05) is 12.3 Å². The summed E-state index contributed by atoms with van der Waals surface area (Å²) in [5.74, 6) is 1.31. The molecule has 1 aliphatic rings. The summed E-state index contributed by atoms with van der Waals surface area (Å²) in [6.07, 6.45) is 2.12. The molecule has 2 aromatic rings. The number of nitrogen functional groups attached to an aromatic ring is 1. The van der Waals surface area contributed by atoms with E-state index in [9.17, 15) is 5.11 Å². The monoisotopic (exact) mass is 293 g/mol. The molecule has 1 unspecified atom stereocenters. The molecule has 0 saturated carbocycles. The molecule has 0 saturated heterocycles. The van der Waals surface area contributed by atoms with Crippen LogP contribution in [0.4, 0.5) is 5.82 Å². The Balaban J connectivity index is 1.90. The van der Waals surface area contributed by atoms with Gasteiger partial charge in [0, 0.05) is 30.5 Å². The maximum atomic E-state index is 10.4. The van der Waals surface area contributed by atoms with Gasteiger partial charge in [0.25, 0.3) is 0 Å². The number of anilines is 1. The normalized spacial score (nSPS) is 14.9. The van der Waals surface area contributed by atoms with E-state index >= 15 is 0 Å². The average molecular weight is 294 g/mol. The summed E-state index contributed by atoms with van der Waals surface area (Å²) in [5.41, 5.74) is 8.51. The molecule has 2 heterocycles. The first kappa shape index (κ1) is 13.3. The highest BCUT2D eigenvalue weighted by atomic mass is 35.5. The van der Waals surface area contributed by atoms with Crippen LogP contribution in [-0.2, 0) is 19.9 Å². The van der Waals surface area contributed by atoms with Gasteiger partial charge >= 0.3 is 0 Å². The number of aromatic nitrogens is 2. The van der Waals surface area contributed by atoms with Crippen LogP contribution in [0.25, 0.3) is 0 Å². The lowest BCUT2D eigenvalue weighted by molar-refractivity contribution is 0.178. The van der Waals surface area contributed by atoms with Gasteiger partial charge in [-0.15, -0.1) is 0 Å². The molecular formula is C14H16ClN3O2. The van der Waals surface area contributed by atoms with E-state index in [1.165, 1.54) is 4.68 Å². The van der Waals surface area contributed by atoms with Crippen LogP contribution >= 0.6 is 11.6 Å². The number of aryl methyl sites for hydroxylation is 1. The highest BCUT2D eigenvalue weighted by Crippen LogP contribution is 2.35. The predicted octanol–water partition coefficient (Wildman–Crippen LogP) is 1.87. The van der Waals surface area contributed by atoms with Crippen molar-refractivity contribution in [1.82, 2.24) is 9.78 Å². The van der Waals surface area contributed by atoms with Crippen LogP contribution < -0.4 is 10.5 Å². The number of hydrogen-bond donors (Lipinski definition) is 2. The van der Waals surface area contributed by atoms with Gasteiger partial charge in [0.2, 0.25) is 0 Å². The molecule has 6 heteroatoms. The van der Waals surface area contributed by atoms with Crippen molar-refractivity contribution in [2.45, 2.75) is 18.9 Å². The Kier molecular flexibility index (Phi) is 3.31. The van der Waals surface area contributed by atoms with E-state index in [1.54, 1.807) is 13.2 Å². The fourth-order valence-electron chi connectivity index (χ4n) is 2.54. The molecular weight excluding hydrogens is 278 g/mol. The Morgan fingerprint density at radius 2 is 2.35 bits per heavy atom. The van der Waals surface area contributed by atoms with Crippen LogP contribution in [0.15, 0.2) is 18.3 Å². The van der Waals surface area contributed by atoms with Crippen LogP contribution in [0.2, 0.25) is 5.02 Å². The fourth-order valence-corrected chi connectivity index (χ4v) is 2.80. The highest BCUT2D eigenvalue weighted by Gasteiger charge is 2.22. The summed E-state index contributed by atoms with van der Waals surface area (Å²) in [6.45, 7) is 0.661. The number of hydrogen-bond acceptors (Lipinski definition) is 4. The molecule has 0 bridgehead atoms. The second-order valence-electron chi connectivity index (χ2n) is 4.98. The van der Waals surface area contributed by atoms with E-state index in [-0.39, 0.29) is 0 Å². The average Bonchev–Trinajstić information content (AvgIpc) is 2.97. The van der Waals surface area contributed by atoms with E-state index in [1.807, 2.05) is 12.1 Å². The summed E-state index contributed by atoms with van der Waals surface area (Å²) in [4.78, 5) is 0. The number of aliphatic hydroxyl groups excluding tert-OH is 1. The number of fused-ring (bicyclic) bond motifs is 1. The van der Waals surface area contributed by atoms with Crippen molar-refractivity contribution in [1.29, 1.82) is 0 Å². The van der Waals surface area contributed by atoms with Gasteiger partial charge in [-0.05, 0) is 23.3 Å². The number of rotatable bonds is 3. The Morgan fingerprint density at radius 1 is 1.55 bits per heavy atom. The van der Waals surface area contributed by atoms with Crippen LogP contribution in [-0.4, -0.2) is 21.5 Å². The van der Waals surface area contributed by atoms with Crippen molar-refractivity contribution in [2.24, 2.45) is 7.05 Å². The molecule has 0 radical (unpaired) electrons. The first-order valence-electron chi connectivity index (χ1n) is 6.46. The zero-order valence-electron chi connectivity index (χ0n) is 11.1. The summed E-state index contributed by atoms with van der Waals surface area (Å²) < 4.78 is 7.17. The minimum absolute atomic E-state index is 0.402. The SMILES string of the molecule is Cn1ncc(C(O)Cc2cc(Cl)cc3c2OCC3)c1N. The van der Waals surface area contributed by atoms with Crippen LogP contribution in [0.5, 0.6) is 5.75 Å². The van der Waals surface area contributed by atoms with Crippen LogP contribution in [0.3, 0.4) is 0 Å². The molecule has 106 valence electrons. The van der Waals surface area contributed by atoms with Crippen molar-refractivity contribution < 1.29 is 9.84 Å². The van der Waals surface area contributed by atoms with Crippen molar-refractivity contribution in [3.05, 3.63) is 40.0 Å². The van der Waals surface area contributed by atoms with Gasteiger partial charge in [-0.25, -0.2) is 0 Å². The first-order chi connectivity index (χ1) is 9.56. The van der Waals surface area contributed by atoms with Crippen molar-refractivity contribution in [3.63, 3.8) is 0 Å². The summed E-state index contributed by atoms with van der Waals surface area (Å²) in [5, 5.41) is 15.1. The second kappa shape index (κ2) is 5.00. The molecule has 0 fully saturated rings. The third kappa shape index (κ3) is 2.23. The molecule has 1 atom stereocenters. The maximum absolute atomic E-state index is 10.4. The summed E-state index contributed by atoms with van der Waals surface area (Å²) in [7, 11) is 1.74. The second-order valence-corrected chi connectivity index (χ2v) is 5.42. The lowest BCUT2D eigenvalue weighted by atomic mass is 10.00. The first-order valence-corrected chi connectivity index (χ1v) is 6.83. The number of aliphatic hydroxyl groups is 1. The largest absolute Gasteiger partial charge is 0.493 e. The van der Waals surface area contributed by atoms with Crippen LogP contribution in [0.1, 0.15) is 22.8 Å². The van der Waals surface area contributed by atoms with Gasteiger partial charge in [-0.1, -0.05) is 11.6 Å². The molecule has 3 N–H and O–H groups in total. The number of benzene rings is 1. The summed E-state index contributed by atoms with van der Waals surface area (Å²) >= 11 is 6.12. The fraction of sp³-hybridized carbons (Fsp3) is 0.357. The molecule has 1 aromatic carbocycles. The predicted molar refractivity (Wildman–Crippen MR) is 76.9 cm³/mol. The number of ether oxygens (including phenoxy) is 1. The highest BCUT2D eigenvalue weighted by molar-refractivity contribution is 6.30. The van der Waals surface area contributed by atoms with Crippen molar-refractivity contribution in [3.8, 4) is 5.75 Å². The third-order valence-corrected chi connectivity index (χ3v) is 3.83. The van der Waals surface area contributed by atoms with E-state index < -0.39 is 6.10 Å². The van der Waals surface area contributed by atoms with Gasteiger partial charge in [0.05, 0.1) is 18.9 Å². The minimum Gasteiger partial charge on any atom is -0.493 e. The number of halogens is 1. The Labute approximate surface area is 121 Å². The van der Waals surface area contributed by atoms with E-state index in [0.29, 0.717) is 29.4 Å². The lowest BCUT2D eigenvalue weighted by Gasteiger charge is -2.13. The Bertz CT molecular complexity index is 654. The van der Waals surface area contributed by atoms with E-state index in [0.717, 1.165) is 23.3 Å². The minimum atomic E-state index is -0.726. The van der Waals surface area contributed by atoms with Gasteiger partial charge in [0.1, 0.15) is 11.6 Å². The topological polar surface area (TPSA) is 73.3 Å². The maximum Gasteiger partial charge on any atom is 0.127 e. The van der Waals surface area contributed by atoms with Crippen LogP contribution in [0, 0.1) is 0 Å². The molecule has 5 nitrogen and oxygen atoms in total. The Morgan fingerprint density at radius 3 is 3.05 bits per heavy atom. The lowest BCUT2D eigenvalue weighted by Crippen LogP contribution is -2.07. The van der Waals surface area contributed by atoms with Crippen molar-refractivity contribution >= 4 is 17.4 Å². The molecule has 1 aliphatic heterocycles. The third-order valence-electron chi connectivity index (χ3n) is 3.61. The van der Waals surface area contributed by atoms with Gasteiger partial charge < -0.3 is 15.6 Å². The number of nitrogens with two attached hydrogens (primary N) is 1. The molecule has 20 heavy (non-hydrogen) atoms. The molecule has 0 spiro atoms. The quantitative estimate of drug-likeness (QED) is 0.906. The van der Waals surface area contributed by atoms with E-state index in [4.69, 9.17) is 22.1 Å².